The van der Waals surface area contributed by atoms with Crippen LogP contribution in [0.25, 0.3) is 11.3 Å². The van der Waals surface area contributed by atoms with Gasteiger partial charge in [-0.25, -0.2) is 8.42 Å². The molecule has 2 heterocycles. The van der Waals surface area contributed by atoms with Gasteiger partial charge in [0.15, 0.2) is 15.6 Å². The molecule has 0 aliphatic carbocycles. The molecule has 1 atom stereocenters. The summed E-state index contributed by atoms with van der Waals surface area (Å²) in [5, 5.41) is -0.0921. The molecule has 0 aliphatic rings. The van der Waals surface area contributed by atoms with Crippen LogP contribution in [0.5, 0.6) is 11.8 Å². The summed E-state index contributed by atoms with van der Waals surface area (Å²) in [5.74, 6) is 0.160. The smallest absolute Gasteiger partial charge is 0.322 e. The van der Waals surface area contributed by atoms with Crippen LogP contribution in [0.4, 0.5) is 0 Å². The van der Waals surface area contributed by atoms with Crippen LogP contribution in [0.3, 0.4) is 0 Å². The van der Waals surface area contributed by atoms with Gasteiger partial charge in [-0.2, -0.15) is 9.97 Å². The lowest BCUT2D eigenvalue weighted by atomic mass is 10.2. The Balaban J connectivity index is 2.09. The normalized spacial score (nSPS) is 12.5. The molecule has 0 spiro atoms. The Bertz CT molecular complexity index is 1270. The predicted molar refractivity (Wildman–Crippen MR) is 126 cm³/mol. The highest BCUT2D eigenvalue weighted by molar-refractivity contribution is 7.91. The van der Waals surface area contributed by atoms with Crippen LogP contribution >= 0.6 is 11.6 Å². The van der Waals surface area contributed by atoms with Crippen molar-refractivity contribution < 1.29 is 13.2 Å². The van der Waals surface area contributed by atoms with Crippen molar-refractivity contribution in [3.8, 4) is 23.0 Å². The largest absolute Gasteiger partial charge is 0.422 e. The van der Waals surface area contributed by atoms with Crippen molar-refractivity contribution in [2.75, 3.05) is 0 Å². The van der Waals surface area contributed by atoms with Gasteiger partial charge in [-0.15, -0.1) is 0 Å². The average Bonchev–Trinajstić information content (AvgIpc) is 2.72. The molecule has 0 N–H and O–H groups in total. The summed E-state index contributed by atoms with van der Waals surface area (Å²) in [4.78, 5) is 20.6. The lowest BCUT2D eigenvalue weighted by molar-refractivity contribution is 0.438. The molecule has 0 fully saturated rings. The summed E-state index contributed by atoms with van der Waals surface area (Å²) in [6.45, 7) is 5.50. The lowest BCUT2D eigenvalue weighted by Gasteiger charge is -2.14. The van der Waals surface area contributed by atoms with Crippen molar-refractivity contribution in [1.29, 1.82) is 0 Å². The van der Waals surface area contributed by atoms with E-state index in [4.69, 9.17) is 16.3 Å². The third-order valence-electron chi connectivity index (χ3n) is 5.15. The number of nitrogens with zero attached hydrogens (tertiary/aromatic N) is 3. The SMILES string of the molecule is CCCC(C)S(=O)(=O)Cc1cc(-c2ccc(=O)n(C)c2)nc(Oc2c(C)cccc2Cl)n1. The Morgan fingerprint density at radius 1 is 1.19 bits per heavy atom. The first kappa shape index (κ1) is 23.9. The summed E-state index contributed by atoms with van der Waals surface area (Å²) >= 11 is 6.28. The minimum atomic E-state index is -3.42. The van der Waals surface area contributed by atoms with Gasteiger partial charge in [0, 0.05) is 24.9 Å². The van der Waals surface area contributed by atoms with Crippen LogP contribution in [0.1, 0.15) is 37.9 Å². The molecule has 0 aliphatic heterocycles. The van der Waals surface area contributed by atoms with Crippen LogP contribution < -0.4 is 10.3 Å². The van der Waals surface area contributed by atoms with Crippen LogP contribution in [-0.2, 0) is 22.6 Å². The van der Waals surface area contributed by atoms with E-state index in [0.29, 0.717) is 34.1 Å². The van der Waals surface area contributed by atoms with E-state index in [0.717, 1.165) is 12.0 Å². The predicted octanol–water partition coefficient (Wildman–Crippen LogP) is 4.70. The number of ether oxygens (including phenoxy) is 1. The number of hydrogen-bond donors (Lipinski definition) is 0. The van der Waals surface area contributed by atoms with E-state index in [2.05, 4.69) is 9.97 Å². The molecular weight excluding hydrogens is 450 g/mol. The monoisotopic (exact) mass is 475 g/mol. The van der Waals surface area contributed by atoms with Gasteiger partial charge in [0.1, 0.15) is 0 Å². The fraction of sp³-hybridized carbons (Fsp3) is 0.348. The number of benzene rings is 1. The first-order valence-corrected chi connectivity index (χ1v) is 12.4. The summed E-state index contributed by atoms with van der Waals surface area (Å²) in [7, 11) is -1.79. The zero-order valence-corrected chi connectivity index (χ0v) is 20.1. The highest BCUT2D eigenvalue weighted by atomic mass is 35.5. The highest BCUT2D eigenvalue weighted by Gasteiger charge is 2.23. The van der Waals surface area contributed by atoms with Gasteiger partial charge < -0.3 is 9.30 Å². The van der Waals surface area contributed by atoms with Gasteiger partial charge in [0.2, 0.25) is 5.56 Å². The minimum Gasteiger partial charge on any atom is -0.422 e. The van der Waals surface area contributed by atoms with Gasteiger partial charge in [0.25, 0.3) is 0 Å². The second-order valence-corrected chi connectivity index (χ2v) is 10.6. The van der Waals surface area contributed by atoms with E-state index in [1.54, 1.807) is 44.4 Å². The molecular formula is C23H26ClN3O4S. The molecule has 0 amide bonds. The summed E-state index contributed by atoms with van der Waals surface area (Å²) in [6, 6.07) is 10.0. The van der Waals surface area contributed by atoms with Crippen molar-refractivity contribution >= 4 is 21.4 Å². The zero-order chi connectivity index (χ0) is 23.5. The molecule has 1 aromatic carbocycles. The molecule has 3 aromatic rings. The second-order valence-electron chi connectivity index (χ2n) is 7.79. The van der Waals surface area contributed by atoms with Crippen LogP contribution in [0.15, 0.2) is 47.4 Å². The fourth-order valence-corrected chi connectivity index (χ4v) is 4.96. The van der Waals surface area contributed by atoms with Crippen LogP contribution in [0.2, 0.25) is 5.02 Å². The number of hydrogen-bond acceptors (Lipinski definition) is 6. The first-order valence-electron chi connectivity index (χ1n) is 10.3. The number of sulfone groups is 1. The van der Waals surface area contributed by atoms with Gasteiger partial charge in [-0.05, 0) is 44.0 Å². The fourth-order valence-electron chi connectivity index (χ4n) is 3.26. The number of aryl methyl sites for hydroxylation is 2. The van der Waals surface area contributed by atoms with Gasteiger partial charge in [-0.3, -0.25) is 4.79 Å². The third kappa shape index (κ3) is 5.55. The molecule has 7 nitrogen and oxygen atoms in total. The molecule has 1 unspecified atom stereocenters. The van der Waals surface area contributed by atoms with Crippen molar-refractivity contribution in [1.82, 2.24) is 14.5 Å². The van der Waals surface area contributed by atoms with Gasteiger partial charge in [-0.1, -0.05) is 37.1 Å². The van der Waals surface area contributed by atoms with Crippen LogP contribution in [0, 0.1) is 6.92 Å². The zero-order valence-electron chi connectivity index (χ0n) is 18.5. The molecule has 170 valence electrons. The molecule has 0 saturated heterocycles. The summed E-state index contributed by atoms with van der Waals surface area (Å²) in [6.07, 6.45) is 2.98. The van der Waals surface area contributed by atoms with E-state index in [9.17, 15) is 13.2 Å². The van der Waals surface area contributed by atoms with Crippen LogP contribution in [-0.4, -0.2) is 28.2 Å². The van der Waals surface area contributed by atoms with Crippen molar-refractivity contribution in [2.24, 2.45) is 7.05 Å². The Morgan fingerprint density at radius 2 is 1.94 bits per heavy atom. The van der Waals surface area contributed by atoms with E-state index < -0.39 is 15.1 Å². The number of halogens is 1. The van der Waals surface area contributed by atoms with E-state index >= 15 is 0 Å². The molecule has 3 rings (SSSR count). The lowest BCUT2D eigenvalue weighted by Crippen LogP contribution is -2.20. The molecule has 2 aromatic heterocycles. The van der Waals surface area contributed by atoms with Crippen molar-refractivity contribution in [3.05, 3.63) is 69.2 Å². The maximum absolute atomic E-state index is 12.8. The standard InChI is InChI=1S/C23H26ClN3O4S/c1-5-7-16(3)32(29,30)14-18-12-20(17-10-11-21(28)27(4)13-17)26-23(25-18)31-22-15(2)8-6-9-19(22)24/h6,8-13,16H,5,7,14H2,1-4H3. The second kappa shape index (κ2) is 9.83. The van der Waals surface area contributed by atoms with E-state index in [1.807, 2.05) is 19.9 Å². The summed E-state index contributed by atoms with van der Waals surface area (Å²) in [5.41, 5.74) is 2.02. The Morgan fingerprint density at radius 3 is 2.59 bits per heavy atom. The van der Waals surface area contributed by atoms with Gasteiger partial charge >= 0.3 is 6.01 Å². The minimum absolute atomic E-state index is 0.0131. The maximum atomic E-state index is 12.8. The molecule has 0 radical (unpaired) electrons. The van der Waals surface area contributed by atoms with Crippen molar-refractivity contribution in [2.45, 2.75) is 44.6 Å². The van der Waals surface area contributed by atoms with E-state index in [-0.39, 0.29) is 17.3 Å². The maximum Gasteiger partial charge on any atom is 0.322 e. The quantitative estimate of drug-likeness (QED) is 0.469. The number of rotatable bonds is 8. The Hall–Kier alpha value is -2.71. The Labute approximate surface area is 193 Å². The van der Waals surface area contributed by atoms with Crippen molar-refractivity contribution in [3.63, 3.8) is 0 Å². The first-order chi connectivity index (χ1) is 15.1. The number of pyridine rings is 1. The number of aromatic nitrogens is 3. The molecule has 32 heavy (non-hydrogen) atoms. The molecule has 9 heteroatoms. The molecule has 0 bridgehead atoms. The van der Waals surface area contributed by atoms with E-state index in [1.165, 1.54) is 10.6 Å². The third-order valence-corrected chi connectivity index (χ3v) is 7.61. The number of para-hydroxylation sites is 1. The topological polar surface area (TPSA) is 91.2 Å². The molecule has 0 saturated carbocycles. The Kier molecular flexibility index (Phi) is 7.36. The van der Waals surface area contributed by atoms with Gasteiger partial charge in [0.05, 0.1) is 27.4 Å². The summed E-state index contributed by atoms with van der Waals surface area (Å²) < 4.78 is 33.0. The average molecular weight is 476 g/mol. The highest BCUT2D eigenvalue weighted by Crippen LogP contribution is 2.32.